The molecule has 2 aromatic rings. The smallest absolute Gasteiger partial charge is 0.231 e. The van der Waals surface area contributed by atoms with Gasteiger partial charge < -0.3 is 14.8 Å². The average Bonchev–Trinajstić information content (AvgIpc) is 2.86. The Hall–Kier alpha value is -0.910. The van der Waals surface area contributed by atoms with Gasteiger partial charge in [0.1, 0.15) is 0 Å². The standard InChI is InChI=1S/C14H10Br2ClNO2/c15-9-1-2-12(10(16)5-9)18-6-8-3-11(17)14-13(4-8)19-7-20-14/h1-5,18H,6-7H2. The van der Waals surface area contributed by atoms with Crippen molar-refractivity contribution in [2.45, 2.75) is 6.54 Å². The molecule has 1 aliphatic heterocycles. The first-order valence-electron chi connectivity index (χ1n) is 5.90. The highest BCUT2D eigenvalue weighted by atomic mass is 79.9. The van der Waals surface area contributed by atoms with E-state index in [1.54, 1.807) is 0 Å². The zero-order chi connectivity index (χ0) is 14.1. The van der Waals surface area contributed by atoms with Crippen LogP contribution in [-0.2, 0) is 6.54 Å². The maximum absolute atomic E-state index is 6.16. The van der Waals surface area contributed by atoms with E-state index < -0.39 is 0 Å². The van der Waals surface area contributed by atoms with Crippen LogP contribution < -0.4 is 14.8 Å². The molecule has 2 aromatic carbocycles. The molecule has 104 valence electrons. The van der Waals surface area contributed by atoms with Crippen molar-refractivity contribution >= 4 is 49.1 Å². The number of hydrogen-bond acceptors (Lipinski definition) is 3. The summed E-state index contributed by atoms with van der Waals surface area (Å²) in [6, 6.07) is 9.81. The Bertz CT molecular complexity index is 664. The fraction of sp³-hybridized carbons (Fsp3) is 0.143. The van der Waals surface area contributed by atoms with Gasteiger partial charge in [-0.3, -0.25) is 0 Å². The number of hydrogen-bond donors (Lipinski definition) is 1. The van der Waals surface area contributed by atoms with Gasteiger partial charge in [-0.05, 0) is 51.8 Å². The molecule has 0 unspecified atom stereocenters. The average molecular weight is 420 g/mol. The maximum Gasteiger partial charge on any atom is 0.231 e. The van der Waals surface area contributed by atoms with Crippen LogP contribution in [0.2, 0.25) is 5.02 Å². The lowest BCUT2D eigenvalue weighted by Gasteiger charge is -2.10. The third kappa shape index (κ3) is 2.90. The highest BCUT2D eigenvalue weighted by Crippen LogP contribution is 2.40. The molecule has 0 saturated carbocycles. The van der Waals surface area contributed by atoms with E-state index in [0.29, 0.717) is 23.1 Å². The van der Waals surface area contributed by atoms with Gasteiger partial charge in [0.05, 0.1) is 5.02 Å². The van der Waals surface area contributed by atoms with Crippen molar-refractivity contribution in [2.75, 3.05) is 12.1 Å². The van der Waals surface area contributed by atoms with Crippen molar-refractivity contribution in [1.29, 1.82) is 0 Å². The first kappa shape index (κ1) is 14.0. The van der Waals surface area contributed by atoms with Gasteiger partial charge in [0.25, 0.3) is 0 Å². The van der Waals surface area contributed by atoms with Crippen molar-refractivity contribution in [3.05, 3.63) is 49.9 Å². The van der Waals surface area contributed by atoms with Crippen LogP contribution in [-0.4, -0.2) is 6.79 Å². The molecule has 1 N–H and O–H groups in total. The number of anilines is 1. The lowest BCUT2D eigenvalue weighted by Crippen LogP contribution is -2.00. The largest absolute Gasteiger partial charge is 0.454 e. The van der Waals surface area contributed by atoms with E-state index >= 15 is 0 Å². The molecule has 6 heteroatoms. The Labute approximate surface area is 138 Å². The second-order valence-corrected chi connectivity index (χ2v) is 6.47. The van der Waals surface area contributed by atoms with Crippen LogP contribution >= 0.6 is 43.5 Å². The lowest BCUT2D eigenvalue weighted by molar-refractivity contribution is 0.174. The predicted molar refractivity (Wildman–Crippen MR) is 86.7 cm³/mol. The van der Waals surface area contributed by atoms with Gasteiger partial charge in [-0.1, -0.05) is 27.5 Å². The van der Waals surface area contributed by atoms with Crippen molar-refractivity contribution < 1.29 is 9.47 Å². The summed E-state index contributed by atoms with van der Waals surface area (Å²) in [5.74, 6) is 1.32. The first-order chi connectivity index (χ1) is 9.63. The Kier molecular flexibility index (Phi) is 4.10. The third-order valence-electron chi connectivity index (χ3n) is 2.90. The van der Waals surface area contributed by atoms with Crippen molar-refractivity contribution in [2.24, 2.45) is 0 Å². The Morgan fingerprint density at radius 1 is 1.15 bits per heavy atom. The molecule has 0 atom stereocenters. The number of fused-ring (bicyclic) bond motifs is 1. The summed E-state index contributed by atoms with van der Waals surface area (Å²) in [5.41, 5.74) is 2.05. The summed E-state index contributed by atoms with van der Waals surface area (Å²) in [6.07, 6.45) is 0. The molecular formula is C14H10Br2ClNO2. The van der Waals surface area contributed by atoms with Gasteiger partial charge in [-0.15, -0.1) is 0 Å². The Balaban J connectivity index is 1.77. The van der Waals surface area contributed by atoms with E-state index in [-0.39, 0.29) is 6.79 Å². The molecule has 0 spiro atoms. The van der Waals surface area contributed by atoms with Gasteiger partial charge in [-0.25, -0.2) is 0 Å². The normalized spacial score (nSPS) is 12.6. The number of rotatable bonds is 3. The van der Waals surface area contributed by atoms with E-state index in [1.807, 2.05) is 30.3 Å². The molecule has 1 aliphatic rings. The molecule has 0 bridgehead atoms. The molecule has 3 nitrogen and oxygen atoms in total. The van der Waals surface area contributed by atoms with Crippen LogP contribution in [0.1, 0.15) is 5.56 Å². The molecule has 0 fully saturated rings. The topological polar surface area (TPSA) is 30.5 Å². The molecule has 1 heterocycles. The number of halogens is 3. The number of nitrogens with one attached hydrogen (secondary N) is 1. The molecule has 0 saturated heterocycles. The van der Waals surface area contributed by atoms with Crippen LogP contribution in [0.5, 0.6) is 11.5 Å². The van der Waals surface area contributed by atoms with E-state index in [4.69, 9.17) is 21.1 Å². The van der Waals surface area contributed by atoms with E-state index in [2.05, 4.69) is 37.2 Å². The van der Waals surface area contributed by atoms with Crippen LogP contribution in [0.4, 0.5) is 5.69 Å². The molecule has 3 rings (SSSR count). The molecular weight excluding hydrogens is 409 g/mol. The zero-order valence-corrected chi connectivity index (χ0v) is 14.2. The zero-order valence-electron chi connectivity index (χ0n) is 10.3. The van der Waals surface area contributed by atoms with E-state index in [1.165, 1.54) is 0 Å². The number of ether oxygens (including phenoxy) is 2. The monoisotopic (exact) mass is 417 g/mol. The third-order valence-corrected chi connectivity index (χ3v) is 4.33. The maximum atomic E-state index is 6.16. The minimum absolute atomic E-state index is 0.226. The fourth-order valence-corrected chi connectivity index (χ4v) is 3.43. The summed E-state index contributed by atoms with van der Waals surface area (Å²) < 4.78 is 12.7. The Morgan fingerprint density at radius 2 is 2.00 bits per heavy atom. The summed E-state index contributed by atoms with van der Waals surface area (Å²) in [4.78, 5) is 0. The van der Waals surface area contributed by atoms with Crippen LogP contribution in [0.3, 0.4) is 0 Å². The predicted octanol–water partition coefficient (Wildman–Crippen LogP) is 5.21. The molecule has 0 amide bonds. The van der Waals surface area contributed by atoms with Crippen LogP contribution in [0.15, 0.2) is 39.3 Å². The van der Waals surface area contributed by atoms with Crippen LogP contribution in [0.25, 0.3) is 0 Å². The van der Waals surface area contributed by atoms with E-state index in [0.717, 1.165) is 20.2 Å². The first-order valence-corrected chi connectivity index (χ1v) is 7.87. The summed E-state index contributed by atoms with van der Waals surface area (Å²) in [6.45, 7) is 0.876. The summed E-state index contributed by atoms with van der Waals surface area (Å²) in [5, 5.41) is 3.93. The highest BCUT2D eigenvalue weighted by molar-refractivity contribution is 9.11. The lowest BCUT2D eigenvalue weighted by atomic mass is 10.2. The molecule has 20 heavy (non-hydrogen) atoms. The minimum atomic E-state index is 0.226. The van der Waals surface area contributed by atoms with E-state index in [9.17, 15) is 0 Å². The van der Waals surface area contributed by atoms with Gasteiger partial charge in [0.15, 0.2) is 11.5 Å². The van der Waals surface area contributed by atoms with Crippen molar-refractivity contribution in [3.8, 4) is 11.5 Å². The van der Waals surface area contributed by atoms with Crippen molar-refractivity contribution in [3.63, 3.8) is 0 Å². The Morgan fingerprint density at radius 3 is 2.80 bits per heavy atom. The molecule has 0 aliphatic carbocycles. The van der Waals surface area contributed by atoms with Gasteiger partial charge in [0.2, 0.25) is 6.79 Å². The van der Waals surface area contributed by atoms with Gasteiger partial charge >= 0.3 is 0 Å². The summed E-state index contributed by atoms with van der Waals surface area (Å²) in [7, 11) is 0. The molecule has 0 aromatic heterocycles. The van der Waals surface area contributed by atoms with Gasteiger partial charge in [0, 0.05) is 21.2 Å². The second-order valence-electron chi connectivity index (χ2n) is 4.29. The quantitative estimate of drug-likeness (QED) is 0.741. The molecule has 0 radical (unpaired) electrons. The number of benzene rings is 2. The summed E-state index contributed by atoms with van der Waals surface area (Å²) >= 11 is 13.1. The highest BCUT2D eigenvalue weighted by Gasteiger charge is 2.18. The fourth-order valence-electron chi connectivity index (χ4n) is 1.95. The second kappa shape index (κ2) is 5.84. The van der Waals surface area contributed by atoms with Crippen molar-refractivity contribution in [1.82, 2.24) is 0 Å². The SMILES string of the molecule is Clc1cc(CNc2ccc(Br)cc2Br)cc2c1OCO2. The van der Waals surface area contributed by atoms with Gasteiger partial charge in [-0.2, -0.15) is 0 Å². The van der Waals surface area contributed by atoms with Crippen LogP contribution in [0, 0.1) is 0 Å². The minimum Gasteiger partial charge on any atom is -0.454 e.